The van der Waals surface area contributed by atoms with Gasteiger partial charge < -0.3 is 14.9 Å². The zero-order valence-corrected chi connectivity index (χ0v) is 12.3. The maximum Gasteiger partial charge on any atom is 0.312 e. The van der Waals surface area contributed by atoms with E-state index in [1.54, 1.807) is 7.11 Å². The normalized spacial score (nSPS) is 12.0. The average Bonchev–Trinajstić information content (AvgIpc) is 3.00. The molecule has 3 rings (SSSR count). The molecule has 1 atom stereocenters. The zero-order chi connectivity index (χ0) is 15.4. The van der Waals surface area contributed by atoms with Crippen LogP contribution in [0, 0.1) is 0 Å². The van der Waals surface area contributed by atoms with Crippen LogP contribution in [0.25, 0.3) is 0 Å². The van der Waals surface area contributed by atoms with Gasteiger partial charge in [-0.2, -0.15) is 0 Å². The summed E-state index contributed by atoms with van der Waals surface area (Å²) < 4.78 is 10.6. The van der Waals surface area contributed by atoms with E-state index >= 15 is 0 Å². The van der Waals surface area contributed by atoms with Gasteiger partial charge in [0.05, 0.1) is 13.0 Å². The van der Waals surface area contributed by atoms with Crippen LogP contribution in [0.5, 0.6) is 5.75 Å². The van der Waals surface area contributed by atoms with Crippen molar-refractivity contribution >= 4 is 6.01 Å². The average molecular weight is 295 g/mol. The maximum absolute atomic E-state index is 5.57. The molecule has 3 aromatic rings. The SMILES string of the molecule is COc1ccc(CC(c2ccccc2)c2nnc(N)o2)cc1. The van der Waals surface area contributed by atoms with Crippen molar-refractivity contribution in [3.63, 3.8) is 0 Å². The minimum absolute atomic E-state index is 0.0283. The van der Waals surface area contributed by atoms with Gasteiger partial charge in [-0.05, 0) is 29.7 Å². The van der Waals surface area contributed by atoms with Gasteiger partial charge >= 0.3 is 6.01 Å². The lowest BCUT2D eigenvalue weighted by Crippen LogP contribution is -2.05. The first kappa shape index (κ1) is 14.1. The van der Waals surface area contributed by atoms with E-state index in [1.165, 1.54) is 0 Å². The molecule has 0 aliphatic carbocycles. The van der Waals surface area contributed by atoms with Gasteiger partial charge in [-0.1, -0.05) is 47.6 Å². The molecule has 2 N–H and O–H groups in total. The topological polar surface area (TPSA) is 74.2 Å². The van der Waals surface area contributed by atoms with E-state index < -0.39 is 0 Å². The number of ether oxygens (including phenoxy) is 1. The van der Waals surface area contributed by atoms with Crippen molar-refractivity contribution in [3.05, 3.63) is 71.6 Å². The van der Waals surface area contributed by atoms with Crippen LogP contribution < -0.4 is 10.5 Å². The molecule has 1 aromatic heterocycles. The van der Waals surface area contributed by atoms with Gasteiger partial charge in [0.1, 0.15) is 5.75 Å². The molecular formula is C17H17N3O2. The number of aromatic nitrogens is 2. The fourth-order valence-electron chi connectivity index (χ4n) is 2.42. The molecule has 22 heavy (non-hydrogen) atoms. The van der Waals surface area contributed by atoms with E-state index in [-0.39, 0.29) is 11.9 Å². The predicted molar refractivity (Wildman–Crippen MR) is 83.7 cm³/mol. The number of nitrogens with zero attached hydrogens (tertiary/aromatic N) is 2. The lowest BCUT2D eigenvalue weighted by molar-refractivity contribution is 0.414. The molecule has 112 valence electrons. The van der Waals surface area contributed by atoms with E-state index in [4.69, 9.17) is 14.9 Å². The van der Waals surface area contributed by atoms with Gasteiger partial charge in [-0.3, -0.25) is 0 Å². The Morgan fingerprint density at radius 2 is 1.77 bits per heavy atom. The molecule has 0 saturated heterocycles. The number of benzene rings is 2. The van der Waals surface area contributed by atoms with E-state index in [0.29, 0.717) is 5.89 Å². The fourth-order valence-corrected chi connectivity index (χ4v) is 2.42. The molecule has 0 radical (unpaired) electrons. The van der Waals surface area contributed by atoms with Crippen LogP contribution in [0.1, 0.15) is 22.9 Å². The highest BCUT2D eigenvalue weighted by Gasteiger charge is 2.21. The number of hydrogen-bond donors (Lipinski definition) is 1. The highest BCUT2D eigenvalue weighted by atomic mass is 16.5. The summed E-state index contributed by atoms with van der Waals surface area (Å²) in [6.45, 7) is 0. The fraction of sp³-hybridized carbons (Fsp3) is 0.176. The van der Waals surface area contributed by atoms with Crippen LogP contribution in [-0.4, -0.2) is 17.3 Å². The zero-order valence-electron chi connectivity index (χ0n) is 12.3. The molecular weight excluding hydrogens is 278 g/mol. The van der Waals surface area contributed by atoms with E-state index in [0.717, 1.165) is 23.3 Å². The Bertz CT molecular complexity index is 723. The van der Waals surface area contributed by atoms with E-state index in [9.17, 15) is 0 Å². The summed E-state index contributed by atoms with van der Waals surface area (Å²) in [6.07, 6.45) is 0.746. The molecule has 1 unspecified atom stereocenters. The second-order valence-corrected chi connectivity index (χ2v) is 4.99. The van der Waals surface area contributed by atoms with Crippen LogP contribution in [0.15, 0.2) is 59.0 Å². The van der Waals surface area contributed by atoms with E-state index in [2.05, 4.69) is 22.3 Å². The Balaban J connectivity index is 1.91. The maximum atomic E-state index is 5.57. The van der Waals surface area contributed by atoms with Gasteiger partial charge in [0, 0.05) is 0 Å². The summed E-state index contributed by atoms with van der Waals surface area (Å²) in [5.41, 5.74) is 7.84. The van der Waals surface area contributed by atoms with Gasteiger partial charge in [0.25, 0.3) is 0 Å². The third-order valence-electron chi connectivity index (χ3n) is 3.56. The first-order chi connectivity index (χ1) is 10.8. The third-order valence-corrected chi connectivity index (χ3v) is 3.56. The molecule has 5 nitrogen and oxygen atoms in total. The monoisotopic (exact) mass is 295 g/mol. The van der Waals surface area contributed by atoms with Crippen molar-refractivity contribution in [2.75, 3.05) is 12.8 Å². The van der Waals surface area contributed by atoms with Gasteiger partial charge in [0.2, 0.25) is 5.89 Å². The van der Waals surface area contributed by atoms with Crippen molar-refractivity contribution in [1.82, 2.24) is 10.2 Å². The van der Waals surface area contributed by atoms with Crippen molar-refractivity contribution < 1.29 is 9.15 Å². The Morgan fingerprint density at radius 3 is 2.36 bits per heavy atom. The Kier molecular flexibility index (Phi) is 4.05. The van der Waals surface area contributed by atoms with Crippen molar-refractivity contribution in [3.8, 4) is 5.75 Å². The molecule has 0 fully saturated rings. The largest absolute Gasteiger partial charge is 0.497 e. The number of methoxy groups -OCH3 is 1. The molecule has 1 heterocycles. The Labute approximate surface area is 128 Å². The van der Waals surface area contributed by atoms with Gasteiger partial charge in [0.15, 0.2) is 0 Å². The molecule has 0 spiro atoms. The van der Waals surface area contributed by atoms with Gasteiger partial charge in [-0.15, -0.1) is 5.10 Å². The lowest BCUT2D eigenvalue weighted by atomic mass is 9.92. The summed E-state index contributed by atoms with van der Waals surface area (Å²) >= 11 is 0. The van der Waals surface area contributed by atoms with Crippen LogP contribution in [0.3, 0.4) is 0 Å². The quantitative estimate of drug-likeness (QED) is 0.783. The lowest BCUT2D eigenvalue weighted by Gasteiger charge is -2.14. The highest BCUT2D eigenvalue weighted by Crippen LogP contribution is 2.28. The van der Waals surface area contributed by atoms with Crippen molar-refractivity contribution in [2.24, 2.45) is 0 Å². The van der Waals surface area contributed by atoms with Crippen LogP contribution in [-0.2, 0) is 6.42 Å². The highest BCUT2D eigenvalue weighted by molar-refractivity contribution is 5.32. The Hall–Kier alpha value is -2.82. The third kappa shape index (κ3) is 3.09. The number of nitrogen functional groups attached to an aromatic ring is 1. The first-order valence-electron chi connectivity index (χ1n) is 7.03. The summed E-state index contributed by atoms with van der Waals surface area (Å²) in [4.78, 5) is 0. The van der Waals surface area contributed by atoms with Crippen molar-refractivity contribution in [2.45, 2.75) is 12.3 Å². The predicted octanol–water partition coefficient (Wildman–Crippen LogP) is 3.04. The number of rotatable bonds is 5. The van der Waals surface area contributed by atoms with Crippen molar-refractivity contribution in [1.29, 1.82) is 0 Å². The number of hydrogen-bond acceptors (Lipinski definition) is 5. The summed E-state index contributed by atoms with van der Waals surface area (Å²) in [5.74, 6) is 1.33. The molecule has 0 amide bonds. The van der Waals surface area contributed by atoms with Gasteiger partial charge in [-0.25, -0.2) is 0 Å². The number of nitrogens with two attached hydrogens (primary N) is 1. The molecule has 0 aliphatic heterocycles. The Morgan fingerprint density at radius 1 is 1.05 bits per heavy atom. The summed E-state index contributed by atoms with van der Waals surface area (Å²) in [7, 11) is 1.66. The molecule has 0 bridgehead atoms. The summed E-state index contributed by atoms with van der Waals surface area (Å²) in [6, 6.07) is 18.1. The smallest absolute Gasteiger partial charge is 0.312 e. The molecule has 0 aliphatic rings. The standard InChI is InChI=1S/C17H17N3O2/c1-21-14-9-7-12(8-10-14)11-15(13-5-3-2-4-6-13)16-19-20-17(18)22-16/h2-10,15H,11H2,1H3,(H2,18,20). The first-order valence-corrected chi connectivity index (χ1v) is 7.03. The van der Waals surface area contributed by atoms with Crippen LogP contribution in [0.2, 0.25) is 0 Å². The van der Waals surface area contributed by atoms with E-state index in [1.807, 2.05) is 42.5 Å². The minimum Gasteiger partial charge on any atom is -0.497 e. The second-order valence-electron chi connectivity index (χ2n) is 4.99. The van der Waals surface area contributed by atoms with Crippen LogP contribution in [0.4, 0.5) is 6.01 Å². The molecule has 2 aromatic carbocycles. The second kappa shape index (κ2) is 6.30. The summed E-state index contributed by atoms with van der Waals surface area (Å²) in [5, 5.41) is 7.83. The molecule has 0 saturated carbocycles. The van der Waals surface area contributed by atoms with Crippen LogP contribution >= 0.6 is 0 Å². The molecule has 5 heteroatoms. The number of anilines is 1. The minimum atomic E-state index is -0.0283.